The molecule has 0 unspecified atom stereocenters. The highest BCUT2D eigenvalue weighted by atomic mass is 16.4. The molecule has 1 aromatic heterocycles. The van der Waals surface area contributed by atoms with E-state index in [1.165, 1.54) is 0 Å². The summed E-state index contributed by atoms with van der Waals surface area (Å²) in [7, 11) is 0. The largest absolute Gasteiger partial charge is 0.465 e. The number of anilines is 3. The Bertz CT molecular complexity index is 991. The molecule has 8 heteroatoms. The van der Waals surface area contributed by atoms with Gasteiger partial charge in [0.05, 0.1) is 11.6 Å². The molecular formula is C22H27N5O3. The molecule has 0 bridgehead atoms. The molecule has 0 radical (unpaired) electrons. The highest BCUT2D eigenvalue weighted by molar-refractivity contribution is 6.04. The third kappa shape index (κ3) is 4.03. The van der Waals surface area contributed by atoms with Gasteiger partial charge in [-0.1, -0.05) is 25.0 Å². The van der Waals surface area contributed by atoms with E-state index < -0.39 is 6.09 Å². The number of hydrogen-bond donors (Lipinski definition) is 5. The van der Waals surface area contributed by atoms with Crippen LogP contribution in [0, 0.1) is 13.8 Å². The summed E-state index contributed by atoms with van der Waals surface area (Å²) in [5.41, 5.74) is 4.38. The van der Waals surface area contributed by atoms with Gasteiger partial charge >= 0.3 is 6.09 Å². The van der Waals surface area contributed by atoms with Crippen molar-refractivity contribution < 1.29 is 14.7 Å². The molecule has 158 valence electrons. The van der Waals surface area contributed by atoms with Crippen LogP contribution < -0.4 is 21.3 Å². The Morgan fingerprint density at radius 2 is 1.93 bits per heavy atom. The SMILES string of the molecule is Cc1cccc(Nc2nc(N[C@@H]3CCCC[C@@H]3NC(=O)O)c(C)c3c2C(=O)NC3)c1. The standard InChI is InChI=1S/C22H27N5O3/c1-12-6-5-7-14(10-12)24-20-18-15(11-23-21(18)28)13(2)19(27-20)25-16-8-3-4-9-17(16)26-22(29)30/h5-7,10,16-17,26H,3-4,8-9,11H2,1-2H3,(H,23,28)(H,29,30)(H2,24,25,27)/t16-,17+/m1/s1. The second-order valence-electron chi connectivity index (χ2n) is 8.06. The summed E-state index contributed by atoms with van der Waals surface area (Å²) in [5.74, 6) is 1.06. The fourth-order valence-electron chi connectivity index (χ4n) is 4.35. The van der Waals surface area contributed by atoms with Crippen LogP contribution in [0.25, 0.3) is 0 Å². The van der Waals surface area contributed by atoms with Crippen LogP contribution in [0.1, 0.15) is 52.7 Å². The van der Waals surface area contributed by atoms with Crippen LogP contribution >= 0.6 is 0 Å². The predicted molar refractivity (Wildman–Crippen MR) is 115 cm³/mol. The molecule has 2 amide bonds. The van der Waals surface area contributed by atoms with E-state index in [0.717, 1.165) is 48.1 Å². The van der Waals surface area contributed by atoms with E-state index in [-0.39, 0.29) is 18.0 Å². The maximum atomic E-state index is 12.5. The molecule has 2 atom stereocenters. The van der Waals surface area contributed by atoms with Crippen LogP contribution in [0.4, 0.5) is 22.1 Å². The van der Waals surface area contributed by atoms with Crippen LogP contribution in [0.2, 0.25) is 0 Å². The first-order chi connectivity index (χ1) is 14.4. The van der Waals surface area contributed by atoms with Crippen LogP contribution in [0.3, 0.4) is 0 Å². The number of aromatic nitrogens is 1. The number of nitrogens with zero attached hydrogens (tertiary/aromatic N) is 1. The summed E-state index contributed by atoms with van der Waals surface area (Å²) < 4.78 is 0. The van der Waals surface area contributed by atoms with Crippen molar-refractivity contribution in [1.29, 1.82) is 0 Å². The summed E-state index contributed by atoms with van der Waals surface area (Å²) in [4.78, 5) is 28.4. The van der Waals surface area contributed by atoms with Gasteiger partial charge in [-0.3, -0.25) is 4.79 Å². The first-order valence-corrected chi connectivity index (χ1v) is 10.3. The number of nitrogens with one attached hydrogen (secondary N) is 4. The zero-order valence-electron chi connectivity index (χ0n) is 17.2. The van der Waals surface area contributed by atoms with Crippen molar-refractivity contribution in [2.75, 3.05) is 10.6 Å². The molecule has 1 aromatic carbocycles. The zero-order chi connectivity index (χ0) is 21.3. The Morgan fingerprint density at radius 3 is 2.67 bits per heavy atom. The van der Waals surface area contributed by atoms with Crippen molar-refractivity contribution in [3.05, 3.63) is 46.5 Å². The Hall–Kier alpha value is -3.29. The van der Waals surface area contributed by atoms with Crippen molar-refractivity contribution in [2.45, 2.75) is 58.2 Å². The van der Waals surface area contributed by atoms with Gasteiger partial charge in [-0.2, -0.15) is 0 Å². The van der Waals surface area contributed by atoms with Gasteiger partial charge in [0.15, 0.2) is 0 Å². The minimum atomic E-state index is -1.01. The van der Waals surface area contributed by atoms with Crippen LogP contribution in [0.5, 0.6) is 0 Å². The quantitative estimate of drug-likeness (QED) is 0.515. The van der Waals surface area contributed by atoms with E-state index in [9.17, 15) is 14.7 Å². The van der Waals surface area contributed by atoms with Crippen molar-refractivity contribution in [3.63, 3.8) is 0 Å². The minimum Gasteiger partial charge on any atom is -0.465 e. The lowest BCUT2D eigenvalue weighted by atomic mass is 9.90. The molecule has 1 saturated carbocycles. The topological polar surface area (TPSA) is 115 Å². The number of fused-ring (bicyclic) bond motifs is 1. The van der Waals surface area contributed by atoms with Crippen molar-refractivity contribution >= 4 is 29.3 Å². The van der Waals surface area contributed by atoms with Gasteiger partial charge in [0.2, 0.25) is 0 Å². The summed E-state index contributed by atoms with van der Waals surface area (Å²) in [6, 6.07) is 7.69. The average molecular weight is 409 g/mol. The highest BCUT2D eigenvalue weighted by Crippen LogP contribution is 2.33. The molecule has 2 aliphatic rings. The molecule has 2 aromatic rings. The first-order valence-electron chi connectivity index (χ1n) is 10.3. The number of amides is 2. The van der Waals surface area contributed by atoms with Gasteiger partial charge in [-0.15, -0.1) is 0 Å². The second kappa shape index (κ2) is 8.22. The number of carbonyl (C=O) groups excluding carboxylic acids is 1. The minimum absolute atomic E-state index is 0.0454. The molecule has 5 N–H and O–H groups in total. The van der Waals surface area contributed by atoms with Gasteiger partial charge in [-0.05, 0) is 55.5 Å². The molecule has 1 aliphatic heterocycles. The summed E-state index contributed by atoms with van der Waals surface area (Å²) in [6.45, 7) is 4.42. The Kier molecular flexibility index (Phi) is 5.48. The Balaban J connectivity index is 1.68. The van der Waals surface area contributed by atoms with Gasteiger partial charge < -0.3 is 26.4 Å². The molecular weight excluding hydrogens is 382 g/mol. The van der Waals surface area contributed by atoms with Gasteiger partial charge in [0.1, 0.15) is 11.6 Å². The van der Waals surface area contributed by atoms with E-state index >= 15 is 0 Å². The third-order valence-corrected chi connectivity index (χ3v) is 5.90. The van der Waals surface area contributed by atoms with E-state index in [1.807, 2.05) is 38.1 Å². The number of carbonyl (C=O) groups is 2. The predicted octanol–water partition coefficient (Wildman–Crippen LogP) is 3.68. The molecule has 0 saturated heterocycles. The van der Waals surface area contributed by atoms with E-state index in [1.54, 1.807) is 0 Å². The number of hydrogen-bond acceptors (Lipinski definition) is 5. The summed E-state index contributed by atoms with van der Waals surface area (Å²) in [5, 5.41) is 21.5. The number of benzene rings is 1. The number of aryl methyl sites for hydroxylation is 1. The normalized spacial score (nSPS) is 20.3. The van der Waals surface area contributed by atoms with Crippen LogP contribution in [0.15, 0.2) is 24.3 Å². The molecule has 0 spiro atoms. The van der Waals surface area contributed by atoms with Crippen LogP contribution in [-0.2, 0) is 6.54 Å². The maximum Gasteiger partial charge on any atom is 0.404 e. The first kappa shape index (κ1) is 20.0. The highest BCUT2D eigenvalue weighted by Gasteiger charge is 2.31. The zero-order valence-corrected chi connectivity index (χ0v) is 17.2. The van der Waals surface area contributed by atoms with Crippen molar-refractivity contribution in [1.82, 2.24) is 15.6 Å². The Labute approximate surface area is 175 Å². The molecule has 4 rings (SSSR count). The fraction of sp³-hybridized carbons (Fsp3) is 0.409. The van der Waals surface area contributed by atoms with Crippen molar-refractivity contribution in [2.24, 2.45) is 0 Å². The third-order valence-electron chi connectivity index (χ3n) is 5.90. The molecule has 8 nitrogen and oxygen atoms in total. The number of carboxylic acid groups (broad SMARTS) is 1. The van der Waals surface area contributed by atoms with Gasteiger partial charge in [0, 0.05) is 18.3 Å². The average Bonchev–Trinajstić information content (AvgIpc) is 3.09. The van der Waals surface area contributed by atoms with E-state index in [2.05, 4.69) is 21.3 Å². The molecule has 30 heavy (non-hydrogen) atoms. The molecule has 1 aliphatic carbocycles. The number of pyridine rings is 1. The molecule has 1 fully saturated rings. The Morgan fingerprint density at radius 1 is 1.17 bits per heavy atom. The lowest BCUT2D eigenvalue weighted by Crippen LogP contribution is -2.48. The maximum absolute atomic E-state index is 12.5. The van der Waals surface area contributed by atoms with E-state index in [4.69, 9.17) is 4.98 Å². The second-order valence-corrected chi connectivity index (χ2v) is 8.06. The summed E-state index contributed by atoms with van der Waals surface area (Å²) in [6.07, 6.45) is 2.68. The monoisotopic (exact) mass is 409 g/mol. The summed E-state index contributed by atoms with van der Waals surface area (Å²) >= 11 is 0. The smallest absolute Gasteiger partial charge is 0.404 e. The molecule has 2 heterocycles. The lowest BCUT2D eigenvalue weighted by molar-refractivity contribution is 0.0966. The van der Waals surface area contributed by atoms with Gasteiger partial charge in [-0.25, -0.2) is 9.78 Å². The van der Waals surface area contributed by atoms with E-state index in [0.29, 0.717) is 23.7 Å². The van der Waals surface area contributed by atoms with Gasteiger partial charge in [0.25, 0.3) is 5.91 Å². The number of rotatable bonds is 5. The van der Waals surface area contributed by atoms with Crippen LogP contribution in [-0.4, -0.2) is 34.2 Å². The van der Waals surface area contributed by atoms with Crippen molar-refractivity contribution in [3.8, 4) is 0 Å². The fourth-order valence-corrected chi connectivity index (χ4v) is 4.35. The lowest BCUT2D eigenvalue weighted by Gasteiger charge is -2.33.